The number of aryl methyl sites for hydroxylation is 2. The van der Waals surface area contributed by atoms with E-state index in [9.17, 15) is 9.59 Å². The van der Waals surface area contributed by atoms with E-state index in [0.717, 1.165) is 11.1 Å². The number of nitrogens with zero attached hydrogens (tertiary/aromatic N) is 1. The highest BCUT2D eigenvalue weighted by molar-refractivity contribution is 5.88. The molecule has 3 rings (SSSR count). The topological polar surface area (TPSA) is 90.1 Å². The molecule has 0 saturated heterocycles. The minimum Gasteiger partial charge on any atom is -0.483 e. The van der Waals surface area contributed by atoms with Crippen LogP contribution in [0.2, 0.25) is 0 Å². The van der Waals surface area contributed by atoms with E-state index in [4.69, 9.17) is 13.9 Å². The zero-order valence-corrected chi connectivity index (χ0v) is 16.0. The number of hydrogen-bond acceptors (Lipinski definition) is 6. The molecule has 1 heterocycles. The van der Waals surface area contributed by atoms with Gasteiger partial charge in [-0.1, -0.05) is 30.3 Å². The molecule has 0 unspecified atom stereocenters. The molecule has 0 radical (unpaired) electrons. The smallest absolute Gasteiger partial charge is 0.379 e. The van der Waals surface area contributed by atoms with E-state index in [0.29, 0.717) is 17.1 Å². The summed E-state index contributed by atoms with van der Waals surface area (Å²) >= 11 is 0. The molecule has 2 aromatic carbocycles. The van der Waals surface area contributed by atoms with E-state index >= 15 is 0 Å². The number of furan rings is 1. The Labute approximate surface area is 167 Å². The van der Waals surface area contributed by atoms with Crippen LogP contribution in [-0.4, -0.2) is 24.7 Å². The molecule has 0 spiro atoms. The molecule has 1 amide bonds. The highest BCUT2D eigenvalue weighted by Gasteiger charge is 2.11. The van der Waals surface area contributed by atoms with Crippen LogP contribution < -0.4 is 14.9 Å². The summed E-state index contributed by atoms with van der Waals surface area (Å²) in [6.45, 7) is 3.69. The van der Waals surface area contributed by atoms with Crippen molar-refractivity contribution < 1.29 is 23.5 Å². The number of hydrazone groups is 1. The first-order valence-corrected chi connectivity index (χ1v) is 8.89. The van der Waals surface area contributed by atoms with Crippen LogP contribution in [0, 0.1) is 13.8 Å². The molecule has 0 fully saturated rings. The first-order valence-electron chi connectivity index (χ1n) is 8.89. The third kappa shape index (κ3) is 5.55. The standard InChI is InChI=1S/C22H20N2O5/c1-15-6-3-7-16(2)21(15)28-14-20(25)24-23-13-17-8-4-9-18(12-17)29-22(26)19-10-5-11-27-19/h3-13H,14H2,1-2H3,(H,24,25)/b23-13+. The summed E-state index contributed by atoms with van der Waals surface area (Å²) in [5.41, 5.74) is 4.97. The number of rotatable bonds is 7. The molecule has 1 N–H and O–H groups in total. The number of hydrogen-bond donors (Lipinski definition) is 1. The van der Waals surface area contributed by atoms with Crippen molar-refractivity contribution in [1.29, 1.82) is 0 Å². The Hall–Kier alpha value is -3.87. The minimum atomic E-state index is -0.596. The van der Waals surface area contributed by atoms with Crippen LogP contribution >= 0.6 is 0 Å². The third-order valence-corrected chi connectivity index (χ3v) is 3.95. The second kappa shape index (κ2) is 9.36. The minimum absolute atomic E-state index is 0.111. The average Bonchev–Trinajstić information content (AvgIpc) is 3.23. The van der Waals surface area contributed by atoms with Crippen molar-refractivity contribution in [2.45, 2.75) is 13.8 Å². The van der Waals surface area contributed by atoms with Crippen molar-refractivity contribution in [2.75, 3.05) is 6.61 Å². The number of esters is 1. The lowest BCUT2D eigenvalue weighted by Crippen LogP contribution is -2.25. The maximum absolute atomic E-state index is 11.9. The monoisotopic (exact) mass is 392 g/mol. The third-order valence-electron chi connectivity index (χ3n) is 3.95. The average molecular weight is 392 g/mol. The van der Waals surface area contributed by atoms with Gasteiger partial charge in [-0.3, -0.25) is 4.79 Å². The molecule has 0 aliphatic rings. The van der Waals surface area contributed by atoms with Crippen LogP contribution in [0.5, 0.6) is 11.5 Å². The van der Waals surface area contributed by atoms with Gasteiger partial charge in [0.25, 0.3) is 5.91 Å². The molecule has 29 heavy (non-hydrogen) atoms. The predicted molar refractivity (Wildman–Crippen MR) is 107 cm³/mol. The van der Waals surface area contributed by atoms with Crippen molar-refractivity contribution in [2.24, 2.45) is 5.10 Å². The van der Waals surface area contributed by atoms with Gasteiger partial charge in [0.15, 0.2) is 6.61 Å². The van der Waals surface area contributed by atoms with Crippen LogP contribution in [-0.2, 0) is 4.79 Å². The Kier molecular flexibility index (Phi) is 6.42. The summed E-state index contributed by atoms with van der Waals surface area (Å²) in [7, 11) is 0. The van der Waals surface area contributed by atoms with E-state index in [1.54, 1.807) is 30.3 Å². The van der Waals surface area contributed by atoms with E-state index in [1.165, 1.54) is 18.5 Å². The Morgan fingerprint density at radius 1 is 1.07 bits per heavy atom. The zero-order chi connectivity index (χ0) is 20.6. The SMILES string of the molecule is Cc1cccc(C)c1OCC(=O)N/N=C/c1cccc(OC(=O)c2ccco2)c1. The molecule has 0 aliphatic carbocycles. The summed E-state index contributed by atoms with van der Waals surface area (Å²) in [4.78, 5) is 23.8. The molecule has 7 heteroatoms. The lowest BCUT2D eigenvalue weighted by Gasteiger charge is -2.10. The molecule has 0 atom stereocenters. The number of carbonyl (C=O) groups excluding carboxylic acids is 2. The first-order chi connectivity index (χ1) is 14.0. The molecule has 0 saturated carbocycles. The molecular weight excluding hydrogens is 372 g/mol. The zero-order valence-electron chi connectivity index (χ0n) is 16.0. The largest absolute Gasteiger partial charge is 0.483 e. The van der Waals surface area contributed by atoms with Crippen molar-refractivity contribution >= 4 is 18.1 Å². The quantitative estimate of drug-likeness (QED) is 0.287. The lowest BCUT2D eigenvalue weighted by molar-refractivity contribution is -0.123. The van der Waals surface area contributed by atoms with Gasteiger partial charge in [-0.15, -0.1) is 0 Å². The number of nitrogens with one attached hydrogen (secondary N) is 1. The second-order valence-corrected chi connectivity index (χ2v) is 6.24. The Balaban J connectivity index is 1.52. The second-order valence-electron chi connectivity index (χ2n) is 6.24. The first kappa shape index (κ1) is 19.9. The normalized spacial score (nSPS) is 10.7. The van der Waals surface area contributed by atoms with Crippen molar-refractivity contribution in [1.82, 2.24) is 5.43 Å². The lowest BCUT2D eigenvalue weighted by atomic mass is 10.1. The number of ether oxygens (including phenoxy) is 2. The molecule has 3 aromatic rings. The fourth-order valence-corrected chi connectivity index (χ4v) is 2.59. The van der Waals surface area contributed by atoms with Gasteiger partial charge in [-0.25, -0.2) is 10.2 Å². The van der Waals surface area contributed by atoms with Crippen LogP contribution in [0.3, 0.4) is 0 Å². The highest BCUT2D eigenvalue weighted by atomic mass is 16.5. The summed E-state index contributed by atoms with van der Waals surface area (Å²) in [5.74, 6) is 0.156. The van der Waals surface area contributed by atoms with Crippen LogP contribution in [0.1, 0.15) is 27.2 Å². The Bertz CT molecular complexity index is 1010. The van der Waals surface area contributed by atoms with Gasteiger partial charge < -0.3 is 13.9 Å². The van der Waals surface area contributed by atoms with Crippen molar-refractivity contribution in [3.63, 3.8) is 0 Å². The number of benzene rings is 2. The van der Waals surface area contributed by atoms with Gasteiger partial charge in [0.1, 0.15) is 11.5 Å². The van der Waals surface area contributed by atoms with Gasteiger partial charge in [0, 0.05) is 0 Å². The van der Waals surface area contributed by atoms with Gasteiger partial charge in [0.2, 0.25) is 5.76 Å². The highest BCUT2D eigenvalue weighted by Crippen LogP contribution is 2.22. The van der Waals surface area contributed by atoms with E-state index in [2.05, 4.69) is 10.5 Å². The maximum Gasteiger partial charge on any atom is 0.379 e. The fourth-order valence-electron chi connectivity index (χ4n) is 2.59. The number of para-hydroxylation sites is 1. The van der Waals surface area contributed by atoms with Crippen molar-refractivity contribution in [3.8, 4) is 11.5 Å². The molecular formula is C22H20N2O5. The van der Waals surface area contributed by atoms with Crippen LogP contribution in [0.4, 0.5) is 0 Å². The summed E-state index contributed by atoms with van der Waals surface area (Å²) in [5, 5.41) is 3.91. The van der Waals surface area contributed by atoms with Gasteiger partial charge in [-0.2, -0.15) is 5.10 Å². The molecule has 0 bridgehead atoms. The van der Waals surface area contributed by atoms with E-state index < -0.39 is 5.97 Å². The van der Waals surface area contributed by atoms with Crippen molar-refractivity contribution in [3.05, 3.63) is 83.3 Å². The number of amides is 1. The Morgan fingerprint density at radius 3 is 2.55 bits per heavy atom. The van der Waals surface area contributed by atoms with Crippen LogP contribution in [0.15, 0.2) is 70.4 Å². The van der Waals surface area contributed by atoms with E-state index in [-0.39, 0.29) is 18.3 Å². The summed E-state index contributed by atoms with van der Waals surface area (Å²) in [6.07, 6.45) is 2.84. The van der Waals surface area contributed by atoms with Gasteiger partial charge >= 0.3 is 5.97 Å². The maximum atomic E-state index is 11.9. The fraction of sp³-hybridized carbons (Fsp3) is 0.136. The summed E-state index contributed by atoms with van der Waals surface area (Å²) in [6, 6.07) is 15.6. The molecule has 0 aliphatic heterocycles. The summed E-state index contributed by atoms with van der Waals surface area (Å²) < 4.78 is 15.8. The van der Waals surface area contributed by atoms with Crippen LogP contribution in [0.25, 0.3) is 0 Å². The Morgan fingerprint density at radius 2 is 1.83 bits per heavy atom. The predicted octanol–water partition coefficient (Wildman–Crippen LogP) is 3.64. The molecule has 148 valence electrons. The van der Waals surface area contributed by atoms with Gasteiger partial charge in [0.05, 0.1) is 12.5 Å². The number of carbonyl (C=O) groups is 2. The molecule has 1 aromatic heterocycles. The van der Waals surface area contributed by atoms with Gasteiger partial charge in [-0.05, 0) is 54.8 Å². The molecule has 7 nitrogen and oxygen atoms in total. The van der Waals surface area contributed by atoms with E-state index in [1.807, 2.05) is 32.0 Å².